The van der Waals surface area contributed by atoms with Gasteiger partial charge in [0.25, 0.3) is 5.91 Å². The second-order valence-electron chi connectivity index (χ2n) is 5.04. The second-order valence-corrected chi connectivity index (χ2v) is 5.04. The van der Waals surface area contributed by atoms with Gasteiger partial charge in [0.1, 0.15) is 5.69 Å². The molecule has 0 aromatic carbocycles. The van der Waals surface area contributed by atoms with Crippen molar-refractivity contribution < 1.29 is 14.6 Å². The van der Waals surface area contributed by atoms with Crippen LogP contribution in [-0.2, 0) is 4.74 Å². The van der Waals surface area contributed by atoms with E-state index in [1.54, 1.807) is 7.11 Å². The van der Waals surface area contributed by atoms with E-state index in [1.807, 2.05) is 18.3 Å². The highest BCUT2D eigenvalue weighted by atomic mass is 16.5. The zero-order valence-corrected chi connectivity index (χ0v) is 11.3. The number of rotatable bonds is 7. The monoisotopic (exact) mass is 266 g/mol. The molecule has 0 radical (unpaired) electrons. The summed E-state index contributed by atoms with van der Waals surface area (Å²) in [6.07, 6.45) is 5.50. The number of hydrogen-bond donors (Lipinski definition) is 2. The third-order valence-electron chi connectivity index (χ3n) is 3.60. The molecule has 19 heavy (non-hydrogen) atoms. The van der Waals surface area contributed by atoms with Crippen molar-refractivity contribution >= 4 is 5.91 Å². The average Bonchev–Trinajstić information content (AvgIpc) is 2.76. The lowest BCUT2D eigenvalue weighted by molar-refractivity contribution is 0.0587. The minimum Gasteiger partial charge on any atom is -0.391 e. The Labute approximate surface area is 113 Å². The van der Waals surface area contributed by atoms with Gasteiger partial charge >= 0.3 is 0 Å². The van der Waals surface area contributed by atoms with Crippen molar-refractivity contribution in [1.29, 1.82) is 0 Å². The summed E-state index contributed by atoms with van der Waals surface area (Å²) in [4.78, 5) is 12.1. The topological polar surface area (TPSA) is 63.5 Å². The fourth-order valence-electron chi connectivity index (χ4n) is 2.29. The summed E-state index contributed by atoms with van der Waals surface area (Å²) in [6.45, 7) is 0.757. The van der Waals surface area contributed by atoms with Crippen LogP contribution < -0.4 is 5.32 Å². The van der Waals surface area contributed by atoms with E-state index in [-0.39, 0.29) is 5.91 Å². The highest BCUT2D eigenvalue weighted by Crippen LogP contribution is 2.32. The summed E-state index contributed by atoms with van der Waals surface area (Å²) in [5, 5.41) is 12.3. The molecule has 1 heterocycles. The van der Waals surface area contributed by atoms with E-state index in [1.165, 1.54) is 6.42 Å². The number of aromatic nitrogens is 1. The Balaban J connectivity index is 1.81. The number of aliphatic hydroxyl groups excluding tert-OH is 1. The van der Waals surface area contributed by atoms with Crippen molar-refractivity contribution in [2.45, 2.75) is 37.8 Å². The Bertz CT molecular complexity index is 413. The Kier molecular flexibility index (Phi) is 4.99. The van der Waals surface area contributed by atoms with Crippen LogP contribution in [0.25, 0.3) is 0 Å². The third-order valence-corrected chi connectivity index (χ3v) is 3.60. The summed E-state index contributed by atoms with van der Waals surface area (Å²) in [5.41, 5.74) is 0.714. The van der Waals surface area contributed by atoms with Gasteiger partial charge in [-0.3, -0.25) is 4.79 Å². The SMILES string of the molecule is COCC(O)CCNC(=O)c1cccn1C1CCC1. The molecule has 1 aliphatic carbocycles. The van der Waals surface area contributed by atoms with E-state index in [2.05, 4.69) is 9.88 Å². The van der Waals surface area contributed by atoms with E-state index < -0.39 is 6.10 Å². The van der Waals surface area contributed by atoms with Gasteiger partial charge in [0.2, 0.25) is 0 Å². The van der Waals surface area contributed by atoms with E-state index >= 15 is 0 Å². The van der Waals surface area contributed by atoms with Crippen molar-refractivity contribution in [3.8, 4) is 0 Å². The zero-order valence-electron chi connectivity index (χ0n) is 11.3. The molecule has 106 valence electrons. The van der Waals surface area contributed by atoms with Gasteiger partial charge in [-0.25, -0.2) is 0 Å². The Morgan fingerprint density at radius 3 is 3.05 bits per heavy atom. The molecule has 0 aliphatic heterocycles. The molecular formula is C14H22N2O3. The number of carbonyl (C=O) groups is 1. The van der Waals surface area contributed by atoms with Gasteiger partial charge in [-0.2, -0.15) is 0 Å². The maximum atomic E-state index is 12.1. The molecule has 0 saturated heterocycles. The van der Waals surface area contributed by atoms with Gasteiger partial charge in [-0.05, 0) is 37.8 Å². The molecule has 1 saturated carbocycles. The summed E-state index contributed by atoms with van der Waals surface area (Å²) in [7, 11) is 1.55. The van der Waals surface area contributed by atoms with E-state index in [4.69, 9.17) is 4.74 Å². The van der Waals surface area contributed by atoms with E-state index in [0.29, 0.717) is 31.3 Å². The van der Waals surface area contributed by atoms with Gasteiger partial charge in [0, 0.05) is 25.9 Å². The smallest absolute Gasteiger partial charge is 0.267 e. The predicted molar refractivity (Wildman–Crippen MR) is 72.2 cm³/mol. The third kappa shape index (κ3) is 3.58. The molecule has 0 spiro atoms. The van der Waals surface area contributed by atoms with Crippen LogP contribution in [0.15, 0.2) is 18.3 Å². The summed E-state index contributed by atoms with van der Waals surface area (Å²) >= 11 is 0. The molecule has 1 aliphatic rings. The highest BCUT2D eigenvalue weighted by Gasteiger charge is 2.22. The van der Waals surface area contributed by atoms with Gasteiger partial charge in [0.05, 0.1) is 12.7 Å². The Hall–Kier alpha value is -1.33. The van der Waals surface area contributed by atoms with Gasteiger partial charge in [0.15, 0.2) is 0 Å². The largest absolute Gasteiger partial charge is 0.391 e. The Morgan fingerprint density at radius 2 is 2.42 bits per heavy atom. The predicted octanol–water partition coefficient (Wildman–Crippen LogP) is 1.34. The van der Waals surface area contributed by atoms with Gasteiger partial charge in [-0.15, -0.1) is 0 Å². The number of amides is 1. The van der Waals surface area contributed by atoms with Crippen molar-refractivity contribution in [2.24, 2.45) is 0 Å². The maximum Gasteiger partial charge on any atom is 0.267 e. The van der Waals surface area contributed by atoms with Gasteiger partial charge in [-0.1, -0.05) is 0 Å². The number of ether oxygens (including phenoxy) is 1. The number of nitrogens with one attached hydrogen (secondary N) is 1. The van der Waals surface area contributed by atoms with Crippen LogP contribution in [0, 0.1) is 0 Å². The zero-order chi connectivity index (χ0) is 13.7. The average molecular weight is 266 g/mol. The first-order valence-electron chi connectivity index (χ1n) is 6.84. The quantitative estimate of drug-likeness (QED) is 0.783. The van der Waals surface area contributed by atoms with Gasteiger partial charge < -0.3 is 19.7 Å². The number of aliphatic hydroxyl groups is 1. The summed E-state index contributed by atoms with van der Waals surface area (Å²) in [5.74, 6) is -0.0680. The maximum absolute atomic E-state index is 12.1. The van der Waals surface area contributed by atoms with E-state index in [9.17, 15) is 9.90 Å². The first-order valence-corrected chi connectivity index (χ1v) is 6.84. The number of carbonyl (C=O) groups excluding carboxylic acids is 1. The molecule has 1 atom stereocenters. The molecule has 2 rings (SSSR count). The number of hydrogen-bond acceptors (Lipinski definition) is 3. The number of methoxy groups -OCH3 is 1. The molecular weight excluding hydrogens is 244 g/mol. The van der Waals surface area contributed by atoms with E-state index in [0.717, 1.165) is 12.8 Å². The summed E-state index contributed by atoms with van der Waals surface area (Å²) < 4.78 is 6.90. The second kappa shape index (κ2) is 6.73. The van der Waals surface area contributed by atoms with Crippen LogP contribution in [0.2, 0.25) is 0 Å². The van der Waals surface area contributed by atoms with Crippen LogP contribution in [0.1, 0.15) is 42.2 Å². The summed E-state index contributed by atoms with van der Waals surface area (Å²) in [6, 6.07) is 4.24. The minimum absolute atomic E-state index is 0.0680. The van der Waals surface area contributed by atoms with Crippen molar-refractivity contribution in [3.05, 3.63) is 24.0 Å². The molecule has 1 fully saturated rings. The molecule has 0 bridgehead atoms. The molecule has 5 heteroatoms. The lowest BCUT2D eigenvalue weighted by Crippen LogP contribution is -2.31. The standard InChI is InChI=1S/C14H22N2O3/c1-19-10-12(17)7-8-15-14(18)13-6-3-9-16(13)11-4-2-5-11/h3,6,9,11-12,17H,2,4-5,7-8,10H2,1H3,(H,15,18). The lowest BCUT2D eigenvalue weighted by Gasteiger charge is -2.28. The fourth-order valence-corrected chi connectivity index (χ4v) is 2.29. The minimum atomic E-state index is -0.524. The molecule has 1 amide bonds. The molecule has 5 nitrogen and oxygen atoms in total. The Morgan fingerprint density at radius 1 is 1.63 bits per heavy atom. The van der Waals surface area contributed by atoms with Crippen molar-refractivity contribution in [2.75, 3.05) is 20.3 Å². The first-order chi connectivity index (χ1) is 9.22. The van der Waals surface area contributed by atoms with Crippen LogP contribution in [0.4, 0.5) is 0 Å². The van der Waals surface area contributed by atoms with Crippen molar-refractivity contribution in [3.63, 3.8) is 0 Å². The van der Waals surface area contributed by atoms with Crippen LogP contribution in [0.5, 0.6) is 0 Å². The highest BCUT2D eigenvalue weighted by molar-refractivity contribution is 5.92. The number of nitrogens with zero attached hydrogens (tertiary/aromatic N) is 1. The fraction of sp³-hybridized carbons (Fsp3) is 0.643. The van der Waals surface area contributed by atoms with Crippen molar-refractivity contribution in [1.82, 2.24) is 9.88 Å². The molecule has 2 N–H and O–H groups in total. The molecule has 1 unspecified atom stereocenters. The normalized spacial score (nSPS) is 16.9. The van der Waals surface area contributed by atoms with Crippen LogP contribution >= 0.6 is 0 Å². The molecule has 1 aromatic rings. The molecule has 1 aromatic heterocycles. The lowest BCUT2D eigenvalue weighted by atomic mass is 9.93. The van der Waals surface area contributed by atoms with Crippen LogP contribution in [-0.4, -0.2) is 41.9 Å². The first kappa shape index (κ1) is 14.1. The van der Waals surface area contributed by atoms with Crippen LogP contribution in [0.3, 0.4) is 0 Å².